The maximum atomic E-state index is 13.1. The highest BCUT2D eigenvalue weighted by atomic mass is 32.2. The number of carbonyl (C=O) groups is 1. The number of aromatic nitrogens is 4. The van der Waals surface area contributed by atoms with E-state index in [4.69, 9.17) is 4.42 Å². The minimum Gasteiger partial charge on any atom is -0.409 e. The van der Waals surface area contributed by atoms with Gasteiger partial charge in [-0.25, -0.2) is 4.68 Å². The lowest BCUT2D eigenvalue weighted by Crippen LogP contribution is -2.33. The van der Waals surface area contributed by atoms with Crippen LogP contribution in [-0.2, 0) is 11.3 Å². The SMILES string of the molecule is CCCCCC(C)NC(=O)CSc1nnc(-c2nn(Cc3ccccc3)c(=O)c3ccccc23)o1. The Morgan fingerprint density at radius 3 is 2.57 bits per heavy atom. The van der Waals surface area contributed by atoms with Crippen LogP contribution in [0.15, 0.2) is 69.0 Å². The van der Waals surface area contributed by atoms with Crippen LogP contribution in [0.2, 0.25) is 0 Å². The number of amides is 1. The molecule has 0 fully saturated rings. The van der Waals surface area contributed by atoms with Crippen molar-refractivity contribution in [2.45, 2.75) is 57.3 Å². The number of rotatable bonds is 11. The van der Waals surface area contributed by atoms with E-state index < -0.39 is 0 Å². The monoisotopic (exact) mass is 491 g/mol. The van der Waals surface area contributed by atoms with Crippen molar-refractivity contribution in [2.75, 3.05) is 5.75 Å². The molecule has 2 heterocycles. The molecule has 0 radical (unpaired) electrons. The third-order valence-corrected chi connectivity index (χ3v) is 6.45. The number of nitrogens with one attached hydrogen (secondary N) is 1. The van der Waals surface area contributed by atoms with Crippen LogP contribution in [0.25, 0.3) is 22.4 Å². The molecule has 9 heteroatoms. The lowest BCUT2D eigenvalue weighted by Gasteiger charge is -2.12. The first kappa shape index (κ1) is 24.7. The van der Waals surface area contributed by atoms with Crippen LogP contribution < -0.4 is 10.9 Å². The average Bonchev–Trinajstić information content (AvgIpc) is 3.34. The van der Waals surface area contributed by atoms with Crippen molar-refractivity contribution in [1.82, 2.24) is 25.3 Å². The maximum Gasteiger partial charge on any atom is 0.277 e. The van der Waals surface area contributed by atoms with Crippen LogP contribution in [0.3, 0.4) is 0 Å². The van der Waals surface area contributed by atoms with E-state index in [1.165, 1.54) is 22.9 Å². The molecular formula is C26H29N5O3S. The minimum atomic E-state index is -0.188. The van der Waals surface area contributed by atoms with Gasteiger partial charge in [-0.2, -0.15) is 5.10 Å². The molecule has 1 atom stereocenters. The van der Waals surface area contributed by atoms with Crippen molar-refractivity contribution in [3.63, 3.8) is 0 Å². The highest BCUT2D eigenvalue weighted by Gasteiger charge is 2.18. The summed E-state index contributed by atoms with van der Waals surface area (Å²) in [5, 5.41) is 17.3. The molecule has 1 N–H and O–H groups in total. The Bertz CT molecular complexity index is 1340. The molecule has 0 saturated heterocycles. The van der Waals surface area contributed by atoms with Crippen LogP contribution in [0.1, 0.15) is 45.1 Å². The molecule has 0 aliphatic heterocycles. The summed E-state index contributed by atoms with van der Waals surface area (Å²) in [5.74, 6) is 0.319. The lowest BCUT2D eigenvalue weighted by atomic mass is 10.1. The Balaban J connectivity index is 1.51. The summed E-state index contributed by atoms with van der Waals surface area (Å²) >= 11 is 1.18. The minimum absolute atomic E-state index is 0.0706. The second-order valence-electron chi connectivity index (χ2n) is 8.47. The van der Waals surface area contributed by atoms with Crippen LogP contribution in [0.4, 0.5) is 0 Å². The van der Waals surface area contributed by atoms with Crippen molar-refractivity contribution in [3.8, 4) is 11.6 Å². The average molecular weight is 492 g/mol. The van der Waals surface area contributed by atoms with Gasteiger partial charge < -0.3 is 9.73 Å². The number of carbonyl (C=O) groups excluding carboxylic acids is 1. The third-order valence-electron chi connectivity index (χ3n) is 5.63. The Morgan fingerprint density at radius 1 is 1.06 bits per heavy atom. The largest absolute Gasteiger partial charge is 0.409 e. The van der Waals surface area contributed by atoms with Crippen LogP contribution in [-0.4, -0.2) is 37.7 Å². The van der Waals surface area contributed by atoms with E-state index in [0.29, 0.717) is 23.0 Å². The molecule has 1 unspecified atom stereocenters. The second kappa shape index (κ2) is 11.8. The zero-order chi connectivity index (χ0) is 24.6. The maximum absolute atomic E-state index is 13.1. The third kappa shape index (κ3) is 6.36. The first-order valence-electron chi connectivity index (χ1n) is 11.8. The van der Waals surface area contributed by atoms with E-state index in [0.717, 1.165) is 24.8 Å². The molecule has 0 bridgehead atoms. The van der Waals surface area contributed by atoms with Gasteiger partial charge in [0.15, 0.2) is 5.69 Å². The number of thioether (sulfide) groups is 1. The van der Waals surface area contributed by atoms with E-state index in [1.54, 1.807) is 6.07 Å². The van der Waals surface area contributed by atoms with Crippen molar-refractivity contribution >= 4 is 28.4 Å². The van der Waals surface area contributed by atoms with Crippen LogP contribution >= 0.6 is 11.8 Å². The van der Waals surface area contributed by atoms with Crippen molar-refractivity contribution in [1.29, 1.82) is 0 Å². The zero-order valence-corrected chi connectivity index (χ0v) is 20.8. The Hall–Kier alpha value is -3.46. The molecule has 4 aromatic rings. The Morgan fingerprint density at radius 2 is 1.80 bits per heavy atom. The summed E-state index contributed by atoms with van der Waals surface area (Å²) in [5.41, 5.74) is 1.21. The van der Waals surface area contributed by atoms with Crippen molar-refractivity contribution in [3.05, 3.63) is 70.5 Å². The van der Waals surface area contributed by atoms with Gasteiger partial charge in [0.2, 0.25) is 5.91 Å². The van der Waals surface area contributed by atoms with Crippen LogP contribution in [0, 0.1) is 0 Å². The van der Waals surface area contributed by atoms with E-state index >= 15 is 0 Å². The molecule has 0 aliphatic carbocycles. The summed E-state index contributed by atoms with van der Waals surface area (Å²) in [4.78, 5) is 25.3. The van der Waals surface area contributed by atoms with E-state index in [2.05, 4.69) is 27.5 Å². The normalized spacial score (nSPS) is 12.1. The molecule has 4 rings (SSSR count). The van der Waals surface area contributed by atoms with Crippen molar-refractivity contribution in [2.24, 2.45) is 0 Å². The zero-order valence-electron chi connectivity index (χ0n) is 19.9. The van der Waals surface area contributed by atoms with E-state index in [9.17, 15) is 9.59 Å². The summed E-state index contributed by atoms with van der Waals surface area (Å²) < 4.78 is 7.25. The molecule has 0 spiro atoms. The molecule has 0 aliphatic rings. The molecule has 2 aromatic carbocycles. The number of hydrogen-bond acceptors (Lipinski definition) is 7. The highest BCUT2D eigenvalue weighted by Crippen LogP contribution is 2.26. The molecule has 8 nitrogen and oxygen atoms in total. The molecule has 2 aromatic heterocycles. The quantitative estimate of drug-likeness (QED) is 0.240. The van der Waals surface area contributed by atoms with Crippen molar-refractivity contribution < 1.29 is 9.21 Å². The first-order chi connectivity index (χ1) is 17.0. The summed E-state index contributed by atoms with van der Waals surface area (Å²) in [6, 6.07) is 17.0. The molecule has 1 amide bonds. The van der Waals surface area contributed by atoms with Gasteiger partial charge in [0.05, 0.1) is 17.7 Å². The van der Waals surface area contributed by atoms with Gasteiger partial charge in [-0.1, -0.05) is 86.5 Å². The number of unbranched alkanes of at least 4 members (excludes halogenated alkanes) is 2. The molecular weight excluding hydrogens is 462 g/mol. The van der Waals surface area contributed by atoms with Gasteiger partial charge in [0.25, 0.3) is 16.7 Å². The number of benzene rings is 2. The van der Waals surface area contributed by atoms with Gasteiger partial charge in [-0.05, 0) is 25.0 Å². The standard InChI is InChI=1S/C26H29N5O3S/c1-3-4-6-11-18(2)27-22(32)17-35-26-29-28-24(34-26)23-20-14-9-10-15-21(20)25(33)31(30-23)16-19-12-7-5-8-13-19/h5,7-10,12-15,18H,3-4,6,11,16-17H2,1-2H3,(H,27,32). The summed E-state index contributed by atoms with van der Waals surface area (Å²) in [7, 11) is 0. The fourth-order valence-corrected chi connectivity index (χ4v) is 4.41. The predicted octanol–water partition coefficient (Wildman–Crippen LogP) is 4.67. The van der Waals surface area contributed by atoms with Gasteiger partial charge in [-0.3, -0.25) is 9.59 Å². The number of fused-ring (bicyclic) bond motifs is 1. The summed E-state index contributed by atoms with van der Waals surface area (Å²) in [6.45, 7) is 4.50. The summed E-state index contributed by atoms with van der Waals surface area (Å²) in [6.07, 6.45) is 4.39. The topological polar surface area (TPSA) is 103 Å². The van der Waals surface area contributed by atoms with Gasteiger partial charge in [0.1, 0.15) is 0 Å². The fraction of sp³-hybridized carbons (Fsp3) is 0.346. The highest BCUT2D eigenvalue weighted by molar-refractivity contribution is 7.99. The fourth-order valence-electron chi connectivity index (χ4n) is 3.84. The van der Waals surface area contributed by atoms with Gasteiger partial charge in [-0.15, -0.1) is 10.2 Å². The lowest BCUT2D eigenvalue weighted by molar-refractivity contribution is -0.119. The van der Waals surface area contributed by atoms with Gasteiger partial charge >= 0.3 is 0 Å². The van der Waals surface area contributed by atoms with E-state index in [1.807, 2.05) is 55.5 Å². The van der Waals surface area contributed by atoms with E-state index in [-0.39, 0.29) is 34.4 Å². The van der Waals surface area contributed by atoms with Gasteiger partial charge in [0, 0.05) is 11.4 Å². The predicted molar refractivity (Wildman–Crippen MR) is 137 cm³/mol. The molecule has 0 saturated carbocycles. The Labute approximate surface area is 208 Å². The Kier molecular flexibility index (Phi) is 8.31. The first-order valence-corrected chi connectivity index (χ1v) is 12.8. The smallest absolute Gasteiger partial charge is 0.277 e. The number of hydrogen-bond donors (Lipinski definition) is 1. The molecule has 182 valence electrons. The van der Waals surface area contributed by atoms with Crippen LogP contribution in [0.5, 0.6) is 0 Å². The molecule has 35 heavy (non-hydrogen) atoms. The second-order valence-corrected chi connectivity index (χ2v) is 9.40. The number of nitrogens with zero attached hydrogens (tertiary/aromatic N) is 4.